The Morgan fingerprint density at radius 3 is 2.50 bits per heavy atom. The van der Waals surface area contributed by atoms with Crippen molar-refractivity contribution in [3.05, 3.63) is 82.8 Å². The first kappa shape index (κ1) is 19.3. The molecule has 1 N–H and O–H groups in total. The Kier molecular flexibility index (Phi) is 5.21. The fraction of sp³-hybridized carbons (Fsp3) is 0.136. The Morgan fingerprint density at radius 2 is 1.77 bits per heavy atom. The van der Waals surface area contributed by atoms with Crippen LogP contribution in [0.2, 0.25) is 0 Å². The van der Waals surface area contributed by atoms with Crippen LogP contribution < -0.4 is 10.1 Å². The lowest BCUT2D eigenvalue weighted by Crippen LogP contribution is -2.04. The lowest BCUT2D eigenvalue weighted by atomic mass is 10.0. The van der Waals surface area contributed by atoms with Gasteiger partial charge in [-0.25, -0.2) is 4.98 Å². The van der Waals surface area contributed by atoms with Crippen molar-refractivity contribution in [2.75, 3.05) is 5.32 Å². The maximum Gasteiger partial charge on any atom is 0.373 e. The minimum atomic E-state index is -0.557. The first-order valence-corrected chi connectivity index (χ1v) is 9.41. The van der Waals surface area contributed by atoms with Crippen LogP contribution in [0.4, 0.5) is 17.2 Å². The molecule has 0 saturated heterocycles. The van der Waals surface area contributed by atoms with E-state index in [1.54, 1.807) is 24.4 Å². The summed E-state index contributed by atoms with van der Waals surface area (Å²) in [6, 6.07) is 16.7. The Bertz CT molecular complexity index is 1200. The third-order valence-corrected chi connectivity index (χ3v) is 4.62. The highest BCUT2D eigenvalue weighted by atomic mass is 16.6. The molecule has 0 radical (unpaired) electrons. The number of hydrogen-bond donors (Lipinski definition) is 1. The van der Waals surface area contributed by atoms with Crippen molar-refractivity contribution in [2.24, 2.45) is 0 Å². The van der Waals surface area contributed by atoms with Crippen LogP contribution in [0.1, 0.15) is 25.3 Å². The fourth-order valence-electron chi connectivity index (χ4n) is 3.06. The van der Waals surface area contributed by atoms with Crippen molar-refractivity contribution in [1.29, 1.82) is 0 Å². The average molecular weight is 401 g/mol. The highest BCUT2D eigenvalue weighted by molar-refractivity contribution is 5.92. The SMILES string of the molecule is CC(C)c1ccc(Oc2ncnc(Nc3cccc4cccnc34)c2[N+](=O)[O-])cc1. The number of nitrogens with zero attached hydrogens (tertiary/aromatic N) is 4. The van der Waals surface area contributed by atoms with Gasteiger partial charge in [0.05, 0.1) is 16.1 Å². The lowest BCUT2D eigenvalue weighted by Gasteiger charge is -2.11. The Morgan fingerprint density at radius 1 is 1.00 bits per heavy atom. The molecule has 0 spiro atoms. The van der Waals surface area contributed by atoms with Gasteiger partial charge in [0.15, 0.2) is 0 Å². The van der Waals surface area contributed by atoms with E-state index in [1.807, 2.05) is 36.4 Å². The monoisotopic (exact) mass is 401 g/mol. The molecular weight excluding hydrogens is 382 g/mol. The van der Waals surface area contributed by atoms with E-state index >= 15 is 0 Å². The highest BCUT2D eigenvalue weighted by Crippen LogP contribution is 2.36. The van der Waals surface area contributed by atoms with Crippen LogP contribution in [0.25, 0.3) is 10.9 Å². The van der Waals surface area contributed by atoms with Crippen molar-refractivity contribution >= 4 is 28.1 Å². The van der Waals surface area contributed by atoms with Gasteiger partial charge in [-0.1, -0.05) is 44.2 Å². The molecule has 0 saturated carbocycles. The van der Waals surface area contributed by atoms with Crippen molar-refractivity contribution < 1.29 is 9.66 Å². The number of aromatic nitrogens is 3. The van der Waals surface area contributed by atoms with Gasteiger partial charge >= 0.3 is 11.6 Å². The molecule has 2 heterocycles. The second-order valence-electron chi connectivity index (χ2n) is 6.96. The van der Waals surface area contributed by atoms with Gasteiger partial charge in [-0.3, -0.25) is 15.1 Å². The topological polar surface area (TPSA) is 103 Å². The summed E-state index contributed by atoms with van der Waals surface area (Å²) in [6.45, 7) is 4.18. The van der Waals surface area contributed by atoms with Crippen molar-refractivity contribution in [1.82, 2.24) is 15.0 Å². The molecule has 4 aromatic rings. The van der Waals surface area contributed by atoms with Crippen LogP contribution in [-0.4, -0.2) is 19.9 Å². The van der Waals surface area contributed by atoms with E-state index in [1.165, 1.54) is 6.33 Å². The molecule has 2 aromatic heterocycles. The zero-order valence-electron chi connectivity index (χ0n) is 16.4. The Hall–Kier alpha value is -4.07. The number of nitrogens with one attached hydrogen (secondary N) is 1. The number of para-hydroxylation sites is 1. The number of rotatable bonds is 6. The van der Waals surface area contributed by atoms with Crippen LogP contribution in [0.3, 0.4) is 0 Å². The van der Waals surface area contributed by atoms with Gasteiger partial charge in [0.25, 0.3) is 0 Å². The number of nitro groups is 1. The van der Waals surface area contributed by atoms with Gasteiger partial charge in [-0.05, 0) is 35.7 Å². The molecule has 0 aliphatic heterocycles. The zero-order chi connectivity index (χ0) is 21.1. The van der Waals surface area contributed by atoms with Crippen LogP contribution in [-0.2, 0) is 0 Å². The maximum atomic E-state index is 11.8. The molecule has 8 heteroatoms. The smallest absolute Gasteiger partial charge is 0.373 e. The summed E-state index contributed by atoms with van der Waals surface area (Å²) < 4.78 is 5.72. The molecule has 0 unspecified atom stereocenters. The van der Waals surface area contributed by atoms with Crippen molar-refractivity contribution in [3.8, 4) is 11.6 Å². The summed E-state index contributed by atoms with van der Waals surface area (Å²) in [5, 5.41) is 15.7. The average Bonchev–Trinajstić information content (AvgIpc) is 2.74. The predicted molar refractivity (Wildman–Crippen MR) is 114 cm³/mol. The highest BCUT2D eigenvalue weighted by Gasteiger charge is 2.25. The summed E-state index contributed by atoms with van der Waals surface area (Å²) in [5.41, 5.74) is 2.07. The van der Waals surface area contributed by atoms with E-state index < -0.39 is 4.92 Å². The standard InChI is InChI=1S/C22H19N5O3/c1-14(2)15-8-10-17(11-9-15)30-22-20(27(28)29)21(24-13-25-22)26-18-7-3-5-16-6-4-12-23-19(16)18/h3-14H,1-2H3,(H,24,25,26). The predicted octanol–water partition coefficient (Wildman–Crippen LogP) is 5.59. The van der Waals surface area contributed by atoms with Gasteiger partial charge in [0, 0.05) is 11.6 Å². The third kappa shape index (κ3) is 3.88. The second-order valence-corrected chi connectivity index (χ2v) is 6.96. The van der Waals surface area contributed by atoms with E-state index in [0.29, 0.717) is 22.9 Å². The molecule has 0 bridgehead atoms. The van der Waals surface area contributed by atoms with Gasteiger partial charge in [0.2, 0.25) is 5.82 Å². The van der Waals surface area contributed by atoms with Gasteiger partial charge in [-0.15, -0.1) is 0 Å². The number of anilines is 2. The van der Waals surface area contributed by atoms with E-state index in [9.17, 15) is 10.1 Å². The third-order valence-electron chi connectivity index (χ3n) is 4.62. The molecule has 8 nitrogen and oxygen atoms in total. The fourth-order valence-corrected chi connectivity index (χ4v) is 3.06. The molecule has 0 atom stereocenters. The molecule has 0 amide bonds. The largest absolute Gasteiger partial charge is 0.434 e. The summed E-state index contributed by atoms with van der Waals surface area (Å²) in [4.78, 5) is 23.7. The van der Waals surface area contributed by atoms with E-state index in [2.05, 4.69) is 34.1 Å². The molecule has 30 heavy (non-hydrogen) atoms. The zero-order valence-corrected chi connectivity index (χ0v) is 16.4. The molecule has 150 valence electrons. The lowest BCUT2D eigenvalue weighted by molar-refractivity contribution is -0.385. The summed E-state index contributed by atoms with van der Waals surface area (Å²) in [7, 11) is 0. The summed E-state index contributed by atoms with van der Waals surface area (Å²) in [5.74, 6) is 0.724. The molecule has 0 aliphatic rings. The van der Waals surface area contributed by atoms with Crippen LogP contribution >= 0.6 is 0 Å². The molecule has 4 rings (SSSR count). The maximum absolute atomic E-state index is 11.8. The summed E-state index contributed by atoms with van der Waals surface area (Å²) in [6.07, 6.45) is 2.89. The van der Waals surface area contributed by atoms with Gasteiger partial charge in [0.1, 0.15) is 12.1 Å². The minimum absolute atomic E-state index is 0.0296. The van der Waals surface area contributed by atoms with E-state index in [-0.39, 0.29) is 17.4 Å². The number of fused-ring (bicyclic) bond motifs is 1. The molecular formula is C22H19N5O3. The Labute approximate surface area is 172 Å². The van der Waals surface area contributed by atoms with Crippen LogP contribution in [0.15, 0.2) is 67.1 Å². The minimum Gasteiger partial charge on any atom is -0.434 e. The molecule has 0 fully saturated rings. The first-order chi connectivity index (χ1) is 14.5. The molecule has 2 aromatic carbocycles. The number of pyridine rings is 1. The number of hydrogen-bond acceptors (Lipinski definition) is 7. The van der Waals surface area contributed by atoms with Crippen molar-refractivity contribution in [3.63, 3.8) is 0 Å². The van der Waals surface area contributed by atoms with E-state index in [4.69, 9.17) is 4.74 Å². The van der Waals surface area contributed by atoms with Crippen LogP contribution in [0.5, 0.6) is 11.6 Å². The van der Waals surface area contributed by atoms with Gasteiger partial charge in [-0.2, -0.15) is 4.98 Å². The normalized spacial score (nSPS) is 10.9. The quantitative estimate of drug-likeness (QED) is 0.332. The Balaban J connectivity index is 1.70. The first-order valence-electron chi connectivity index (χ1n) is 9.41. The number of benzene rings is 2. The summed E-state index contributed by atoms with van der Waals surface area (Å²) >= 11 is 0. The van der Waals surface area contributed by atoms with E-state index in [0.717, 1.165) is 10.9 Å². The van der Waals surface area contributed by atoms with Crippen molar-refractivity contribution in [2.45, 2.75) is 19.8 Å². The number of ether oxygens (including phenoxy) is 1. The van der Waals surface area contributed by atoms with Crippen LogP contribution in [0, 0.1) is 10.1 Å². The van der Waals surface area contributed by atoms with Gasteiger partial charge < -0.3 is 10.1 Å². The second kappa shape index (κ2) is 8.12. The molecule has 0 aliphatic carbocycles.